The molecule has 1 aliphatic rings. The van der Waals surface area contributed by atoms with E-state index in [9.17, 15) is 4.79 Å². The second kappa shape index (κ2) is 7.47. The number of ether oxygens (including phenoxy) is 1. The minimum atomic E-state index is -0.184. The van der Waals surface area contributed by atoms with Crippen LogP contribution in [0.5, 0.6) is 5.75 Å². The summed E-state index contributed by atoms with van der Waals surface area (Å²) in [6, 6.07) is 7.22. The molecule has 0 aliphatic carbocycles. The number of aromatic nitrogens is 4. The van der Waals surface area contributed by atoms with Crippen LogP contribution in [0.2, 0.25) is 0 Å². The molecule has 146 valence electrons. The predicted molar refractivity (Wildman–Crippen MR) is 105 cm³/mol. The average Bonchev–Trinajstić information content (AvgIpc) is 3.42. The van der Waals surface area contributed by atoms with Gasteiger partial charge in [0.2, 0.25) is 0 Å². The molecule has 3 heterocycles. The topological polar surface area (TPSA) is 91.2 Å². The number of carbonyl (C=O) groups excluding carboxylic acids is 1. The van der Waals surface area contributed by atoms with E-state index < -0.39 is 0 Å². The Morgan fingerprint density at radius 1 is 1.25 bits per heavy atom. The van der Waals surface area contributed by atoms with Gasteiger partial charge in [-0.1, -0.05) is 0 Å². The van der Waals surface area contributed by atoms with Crippen LogP contribution < -0.4 is 10.5 Å². The lowest BCUT2D eigenvalue weighted by Gasteiger charge is -2.22. The summed E-state index contributed by atoms with van der Waals surface area (Å²) in [5, 5.41) is 8.56. The fourth-order valence-corrected chi connectivity index (χ4v) is 3.76. The summed E-state index contributed by atoms with van der Waals surface area (Å²) >= 11 is 0. The maximum Gasteiger partial charge on any atom is 0.185 e. The third kappa shape index (κ3) is 3.38. The number of rotatable bonds is 6. The van der Waals surface area contributed by atoms with Crippen LogP contribution in [0, 0.1) is 0 Å². The summed E-state index contributed by atoms with van der Waals surface area (Å²) < 4.78 is 8.55. The third-order valence-electron chi connectivity index (χ3n) is 5.20. The molecule has 0 amide bonds. The van der Waals surface area contributed by atoms with Gasteiger partial charge < -0.3 is 10.5 Å². The van der Waals surface area contributed by atoms with Crippen molar-refractivity contribution in [3.8, 4) is 11.4 Å². The second-order valence-electron chi connectivity index (χ2n) is 7.07. The molecule has 2 N–H and O–H groups in total. The van der Waals surface area contributed by atoms with Crippen molar-refractivity contribution < 1.29 is 9.53 Å². The fraction of sp³-hybridized carbons (Fsp3) is 0.350. The minimum Gasteiger partial charge on any atom is -0.497 e. The summed E-state index contributed by atoms with van der Waals surface area (Å²) in [7, 11) is 3.51. The van der Waals surface area contributed by atoms with Crippen LogP contribution in [0.1, 0.15) is 28.8 Å². The zero-order valence-corrected chi connectivity index (χ0v) is 16.1. The van der Waals surface area contributed by atoms with E-state index in [1.165, 1.54) is 0 Å². The molecular formula is C20H24N6O2. The van der Waals surface area contributed by atoms with Crippen LogP contribution >= 0.6 is 0 Å². The lowest BCUT2D eigenvalue weighted by atomic mass is 10.0. The first-order chi connectivity index (χ1) is 13.6. The van der Waals surface area contributed by atoms with Crippen LogP contribution in [-0.2, 0) is 13.6 Å². The summed E-state index contributed by atoms with van der Waals surface area (Å²) in [5.41, 5.74) is 8.65. The highest BCUT2D eigenvalue weighted by Crippen LogP contribution is 2.27. The lowest BCUT2D eigenvalue weighted by Crippen LogP contribution is -2.35. The van der Waals surface area contributed by atoms with Gasteiger partial charge in [-0.3, -0.25) is 14.4 Å². The van der Waals surface area contributed by atoms with Gasteiger partial charge in [-0.05, 0) is 43.7 Å². The van der Waals surface area contributed by atoms with E-state index in [1.54, 1.807) is 22.7 Å². The van der Waals surface area contributed by atoms with Crippen LogP contribution in [0.3, 0.4) is 0 Å². The molecule has 8 nitrogen and oxygen atoms in total. The first kappa shape index (κ1) is 18.2. The molecule has 0 saturated carbocycles. The van der Waals surface area contributed by atoms with Gasteiger partial charge in [0.05, 0.1) is 36.8 Å². The van der Waals surface area contributed by atoms with Crippen molar-refractivity contribution in [1.29, 1.82) is 0 Å². The van der Waals surface area contributed by atoms with Crippen molar-refractivity contribution in [1.82, 2.24) is 24.5 Å². The van der Waals surface area contributed by atoms with E-state index in [0.29, 0.717) is 17.9 Å². The van der Waals surface area contributed by atoms with Gasteiger partial charge in [-0.25, -0.2) is 4.68 Å². The number of aryl methyl sites for hydroxylation is 1. The van der Waals surface area contributed by atoms with E-state index in [4.69, 9.17) is 10.5 Å². The fourth-order valence-electron chi connectivity index (χ4n) is 3.76. The van der Waals surface area contributed by atoms with E-state index in [-0.39, 0.29) is 11.8 Å². The first-order valence-corrected chi connectivity index (χ1v) is 9.30. The molecule has 1 aromatic carbocycles. The van der Waals surface area contributed by atoms with Gasteiger partial charge in [-0.15, -0.1) is 0 Å². The molecule has 4 rings (SSSR count). The number of hydrogen-bond acceptors (Lipinski definition) is 6. The molecular weight excluding hydrogens is 356 g/mol. The van der Waals surface area contributed by atoms with Crippen molar-refractivity contribution in [3.63, 3.8) is 0 Å². The van der Waals surface area contributed by atoms with E-state index >= 15 is 0 Å². The number of Topliss-reactive ketones (excluding diaryl/α,β-unsaturated/α-hetero) is 1. The highest BCUT2D eigenvalue weighted by atomic mass is 16.5. The number of ketones is 1. The van der Waals surface area contributed by atoms with Gasteiger partial charge >= 0.3 is 0 Å². The normalized spacial score (nSPS) is 17.1. The van der Waals surface area contributed by atoms with Crippen LogP contribution in [-0.4, -0.2) is 49.9 Å². The predicted octanol–water partition coefficient (Wildman–Crippen LogP) is 2.04. The lowest BCUT2D eigenvalue weighted by molar-refractivity contribution is 0.0863. The summed E-state index contributed by atoms with van der Waals surface area (Å²) in [4.78, 5) is 15.4. The summed E-state index contributed by atoms with van der Waals surface area (Å²) in [6.45, 7) is 1.59. The van der Waals surface area contributed by atoms with Crippen molar-refractivity contribution in [2.75, 3.05) is 19.4 Å². The Hall–Kier alpha value is -3.13. The summed E-state index contributed by atoms with van der Waals surface area (Å²) in [5.74, 6) is 1.14. The maximum atomic E-state index is 13.2. The molecule has 1 atom stereocenters. The highest BCUT2D eigenvalue weighted by molar-refractivity contribution is 6.03. The Balaban J connectivity index is 1.54. The van der Waals surface area contributed by atoms with Crippen LogP contribution in [0.4, 0.5) is 5.82 Å². The van der Waals surface area contributed by atoms with Crippen LogP contribution in [0.25, 0.3) is 5.69 Å². The number of nitrogen functional groups attached to an aromatic ring is 1. The zero-order chi connectivity index (χ0) is 19.7. The number of benzene rings is 1. The Bertz CT molecular complexity index is 975. The molecule has 8 heteroatoms. The number of carbonyl (C=O) groups is 1. The molecule has 1 aliphatic heterocycles. The Morgan fingerprint density at radius 2 is 2.04 bits per heavy atom. The Kier molecular flexibility index (Phi) is 4.87. The Labute approximate surface area is 163 Å². The molecule has 1 unspecified atom stereocenters. The molecule has 1 saturated heterocycles. The molecule has 2 aromatic heterocycles. The number of nitrogens with zero attached hydrogens (tertiary/aromatic N) is 5. The summed E-state index contributed by atoms with van der Waals surface area (Å²) in [6.07, 6.45) is 7.21. The van der Waals surface area contributed by atoms with E-state index in [2.05, 4.69) is 15.1 Å². The standard InChI is InChI=1S/C20H24N6O2/c1-24-12-14(10-22-24)13-25-9-3-4-18(25)19(27)17-11-23-26(20(17)21)15-5-7-16(28-2)8-6-15/h5-8,10-12,18H,3-4,9,13,21H2,1-2H3. The molecule has 0 radical (unpaired) electrons. The van der Waals surface area contributed by atoms with Crippen molar-refractivity contribution >= 4 is 11.6 Å². The highest BCUT2D eigenvalue weighted by Gasteiger charge is 2.33. The van der Waals surface area contributed by atoms with E-state index in [0.717, 1.165) is 36.4 Å². The number of anilines is 1. The molecule has 0 spiro atoms. The number of methoxy groups -OCH3 is 1. The van der Waals surface area contributed by atoms with Gasteiger partial charge in [0, 0.05) is 25.4 Å². The number of nitrogens with two attached hydrogens (primary N) is 1. The molecule has 0 bridgehead atoms. The smallest absolute Gasteiger partial charge is 0.185 e. The van der Waals surface area contributed by atoms with Crippen molar-refractivity contribution in [2.45, 2.75) is 25.4 Å². The average molecular weight is 380 g/mol. The molecule has 3 aromatic rings. The monoisotopic (exact) mass is 380 g/mol. The molecule has 28 heavy (non-hydrogen) atoms. The second-order valence-corrected chi connectivity index (χ2v) is 7.07. The zero-order valence-electron chi connectivity index (χ0n) is 16.1. The van der Waals surface area contributed by atoms with Crippen LogP contribution in [0.15, 0.2) is 42.9 Å². The maximum absolute atomic E-state index is 13.2. The Morgan fingerprint density at radius 3 is 2.71 bits per heavy atom. The largest absolute Gasteiger partial charge is 0.497 e. The quantitative estimate of drug-likeness (QED) is 0.658. The number of hydrogen-bond donors (Lipinski definition) is 1. The third-order valence-corrected chi connectivity index (χ3v) is 5.20. The van der Waals surface area contributed by atoms with Gasteiger partial charge in [-0.2, -0.15) is 10.2 Å². The van der Waals surface area contributed by atoms with Crippen molar-refractivity contribution in [3.05, 3.63) is 54.0 Å². The van der Waals surface area contributed by atoms with Gasteiger partial charge in [0.25, 0.3) is 0 Å². The van der Waals surface area contributed by atoms with Gasteiger partial charge in [0.15, 0.2) is 5.78 Å². The van der Waals surface area contributed by atoms with Gasteiger partial charge in [0.1, 0.15) is 11.6 Å². The SMILES string of the molecule is COc1ccc(-n2ncc(C(=O)C3CCCN3Cc3cnn(C)c3)c2N)cc1. The van der Waals surface area contributed by atoms with Crippen molar-refractivity contribution in [2.24, 2.45) is 7.05 Å². The first-order valence-electron chi connectivity index (χ1n) is 9.30. The minimum absolute atomic E-state index is 0.0265. The number of likely N-dealkylation sites (tertiary alicyclic amines) is 1. The van der Waals surface area contributed by atoms with E-state index in [1.807, 2.05) is 43.7 Å². The molecule has 1 fully saturated rings.